The average Bonchev–Trinajstić information content (AvgIpc) is 2.33. The van der Waals surface area contributed by atoms with E-state index in [1.807, 2.05) is 0 Å². The number of benzene rings is 2. The number of anilines is 1. The largest absolute Gasteiger partial charge is 0.398 e. The fraction of sp³-hybridized carbons (Fsp3) is 0.0769. The Morgan fingerprint density at radius 2 is 1.95 bits per heavy atom. The molecule has 2 aromatic carbocycles. The molecule has 0 saturated heterocycles. The summed E-state index contributed by atoms with van der Waals surface area (Å²) >= 11 is 9.07. The van der Waals surface area contributed by atoms with Crippen LogP contribution < -0.4 is 5.73 Å². The molecule has 0 fully saturated rings. The third kappa shape index (κ3) is 3.13. The first kappa shape index (κ1) is 15.3. The summed E-state index contributed by atoms with van der Waals surface area (Å²) in [6.07, 6.45) is 0. The van der Waals surface area contributed by atoms with Crippen molar-refractivity contribution in [3.63, 3.8) is 0 Å². The first-order valence-electron chi connectivity index (χ1n) is 5.52. The van der Waals surface area contributed by atoms with Crippen molar-refractivity contribution in [2.75, 3.05) is 5.73 Å². The van der Waals surface area contributed by atoms with Gasteiger partial charge in [0, 0.05) is 10.0 Å². The van der Waals surface area contributed by atoms with Crippen LogP contribution in [0.3, 0.4) is 0 Å². The van der Waals surface area contributed by atoms with Crippen LogP contribution in [-0.4, -0.2) is 8.42 Å². The van der Waals surface area contributed by atoms with Gasteiger partial charge in [0.15, 0.2) is 9.84 Å². The average molecular weight is 379 g/mol. The minimum atomic E-state index is -3.83. The number of nitrogens with two attached hydrogens (primary N) is 1. The highest BCUT2D eigenvalue weighted by Gasteiger charge is 2.23. The molecule has 2 aromatic rings. The van der Waals surface area contributed by atoms with Gasteiger partial charge in [0.2, 0.25) is 0 Å². The topological polar surface area (TPSA) is 60.2 Å². The minimum absolute atomic E-state index is 0.0282. The Morgan fingerprint density at radius 1 is 1.25 bits per heavy atom. The van der Waals surface area contributed by atoms with Gasteiger partial charge in [-0.3, -0.25) is 0 Å². The highest BCUT2D eigenvalue weighted by atomic mass is 79.9. The summed E-state index contributed by atoms with van der Waals surface area (Å²) in [6, 6.07) is 8.54. The van der Waals surface area contributed by atoms with Crippen molar-refractivity contribution in [1.29, 1.82) is 0 Å². The molecule has 106 valence electrons. The van der Waals surface area contributed by atoms with Crippen molar-refractivity contribution in [2.24, 2.45) is 0 Å². The van der Waals surface area contributed by atoms with Gasteiger partial charge in [-0.25, -0.2) is 12.8 Å². The summed E-state index contributed by atoms with van der Waals surface area (Å²) in [5.74, 6) is -1.10. The zero-order valence-electron chi connectivity index (χ0n) is 10.1. The molecule has 3 nitrogen and oxygen atoms in total. The number of hydrogen-bond donors (Lipinski definition) is 1. The van der Waals surface area contributed by atoms with E-state index in [0.717, 1.165) is 0 Å². The Balaban J connectivity index is 2.49. The van der Waals surface area contributed by atoms with Crippen molar-refractivity contribution in [2.45, 2.75) is 10.6 Å². The molecule has 2 N–H and O–H groups in total. The third-order valence-corrected chi connectivity index (χ3v) is 5.35. The predicted octanol–water partition coefficient (Wildman–Crippen LogP) is 3.80. The number of sulfone groups is 1. The Labute approximate surface area is 129 Å². The van der Waals surface area contributed by atoms with E-state index in [2.05, 4.69) is 15.9 Å². The van der Waals surface area contributed by atoms with E-state index in [-0.39, 0.29) is 21.2 Å². The molecule has 0 aliphatic rings. The molecule has 0 saturated carbocycles. The number of halogens is 3. The first-order chi connectivity index (χ1) is 9.31. The normalized spacial score (nSPS) is 11.6. The van der Waals surface area contributed by atoms with Crippen molar-refractivity contribution in [3.8, 4) is 0 Å². The molecule has 0 spiro atoms. The maximum Gasteiger partial charge on any atom is 0.186 e. The number of nitrogen functional groups attached to an aromatic ring is 1. The number of rotatable bonds is 3. The predicted molar refractivity (Wildman–Crippen MR) is 80.9 cm³/mol. The highest BCUT2D eigenvalue weighted by Crippen LogP contribution is 2.30. The van der Waals surface area contributed by atoms with Gasteiger partial charge in [-0.1, -0.05) is 33.6 Å². The molecular weight excluding hydrogens is 369 g/mol. The van der Waals surface area contributed by atoms with Crippen molar-refractivity contribution in [3.05, 3.63) is 57.3 Å². The van der Waals surface area contributed by atoms with Crippen LogP contribution in [0.4, 0.5) is 10.1 Å². The van der Waals surface area contributed by atoms with Gasteiger partial charge in [-0.05, 0) is 30.3 Å². The summed E-state index contributed by atoms with van der Waals surface area (Å²) in [5, 5.41) is 0.0282. The van der Waals surface area contributed by atoms with E-state index in [4.69, 9.17) is 17.3 Å². The Hall–Kier alpha value is -1.11. The zero-order valence-corrected chi connectivity index (χ0v) is 13.3. The Kier molecular flexibility index (Phi) is 4.36. The lowest BCUT2D eigenvalue weighted by Gasteiger charge is -2.10. The van der Waals surface area contributed by atoms with Gasteiger partial charge in [0.05, 0.1) is 16.5 Å². The molecule has 7 heteroatoms. The lowest BCUT2D eigenvalue weighted by Crippen LogP contribution is -2.09. The standard InChI is InChI=1S/C13H10BrClFNO2S/c14-9-4-5-11(16)8(6-9)7-20(18,19)13-10(15)2-1-3-12(13)17/h1-6H,7,17H2. The summed E-state index contributed by atoms with van der Waals surface area (Å²) in [4.78, 5) is -0.166. The quantitative estimate of drug-likeness (QED) is 0.827. The number of hydrogen-bond acceptors (Lipinski definition) is 3. The summed E-state index contributed by atoms with van der Waals surface area (Å²) < 4.78 is 39.0. The molecule has 0 unspecified atom stereocenters. The lowest BCUT2D eigenvalue weighted by molar-refractivity contribution is 0.587. The minimum Gasteiger partial charge on any atom is -0.398 e. The molecule has 2 rings (SSSR count). The third-order valence-electron chi connectivity index (χ3n) is 2.66. The van der Waals surface area contributed by atoms with E-state index in [9.17, 15) is 12.8 Å². The maximum atomic E-state index is 13.7. The van der Waals surface area contributed by atoms with E-state index in [1.54, 1.807) is 6.07 Å². The molecule has 0 aromatic heterocycles. The van der Waals surface area contributed by atoms with E-state index in [1.165, 1.54) is 30.3 Å². The fourth-order valence-corrected chi connectivity index (χ4v) is 4.29. The molecule has 0 bridgehead atoms. The molecule has 0 aliphatic carbocycles. The van der Waals surface area contributed by atoms with Crippen LogP contribution in [0, 0.1) is 5.82 Å². The lowest BCUT2D eigenvalue weighted by atomic mass is 10.2. The van der Waals surface area contributed by atoms with Crippen LogP contribution >= 0.6 is 27.5 Å². The molecule has 20 heavy (non-hydrogen) atoms. The van der Waals surface area contributed by atoms with Crippen molar-refractivity contribution < 1.29 is 12.8 Å². The van der Waals surface area contributed by atoms with Gasteiger partial charge in [-0.15, -0.1) is 0 Å². The van der Waals surface area contributed by atoms with Gasteiger partial charge in [0.1, 0.15) is 10.7 Å². The second-order valence-corrected chi connectivity index (χ2v) is 7.40. The van der Waals surface area contributed by atoms with E-state index in [0.29, 0.717) is 4.47 Å². The van der Waals surface area contributed by atoms with Crippen LogP contribution in [0.15, 0.2) is 45.8 Å². The van der Waals surface area contributed by atoms with Crippen molar-refractivity contribution in [1.82, 2.24) is 0 Å². The van der Waals surface area contributed by atoms with E-state index < -0.39 is 21.4 Å². The molecule has 0 aliphatic heterocycles. The molecule has 0 heterocycles. The SMILES string of the molecule is Nc1cccc(Cl)c1S(=O)(=O)Cc1cc(Br)ccc1F. The van der Waals surface area contributed by atoms with Crippen LogP contribution in [-0.2, 0) is 15.6 Å². The second kappa shape index (κ2) is 5.71. The van der Waals surface area contributed by atoms with Gasteiger partial charge >= 0.3 is 0 Å². The molecule has 0 radical (unpaired) electrons. The van der Waals surface area contributed by atoms with E-state index >= 15 is 0 Å². The smallest absolute Gasteiger partial charge is 0.186 e. The Morgan fingerprint density at radius 3 is 2.60 bits per heavy atom. The summed E-state index contributed by atoms with van der Waals surface area (Å²) in [7, 11) is -3.83. The zero-order chi connectivity index (χ0) is 14.9. The monoisotopic (exact) mass is 377 g/mol. The summed E-state index contributed by atoms with van der Waals surface area (Å²) in [6.45, 7) is 0. The summed E-state index contributed by atoms with van der Waals surface area (Å²) in [5.41, 5.74) is 5.77. The highest BCUT2D eigenvalue weighted by molar-refractivity contribution is 9.10. The molecule has 0 atom stereocenters. The molecule has 0 amide bonds. The van der Waals surface area contributed by atoms with Gasteiger partial charge < -0.3 is 5.73 Å². The Bertz CT molecular complexity index is 745. The fourth-order valence-electron chi connectivity index (χ4n) is 1.78. The first-order valence-corrected chi connectivity index (χ1v) is 8.34. The van der Waals surface area contributed by atoms with Crippen LogP contribution in [0.25, 0.3) is 0 Å². The van der Waals surface area contributed by atoms with Gasteiger partial charge in [-0.2, -0.15) is 0 Å². The van der Waals surface area contributed by atoms with Crippen LogP contribution in [0.5, 0.6) is 0 Å². The second-order valence-electron chi connectivity index (χ2n) is 4.15. The molecular formula is C13H10BrClFNO2S. The van der Waals surface area contributed by atoms with Crippen molar-refractivity contribution >= 4 is 43.1 Å². The van der Waals surface area contributed by atoms with Crippen LogP contribution in [0.1, 0.15) is 5.56 Å². The van der Waals surface area contributed by atoms with Gasteiger partial charge in [0.25, 0.3) is 0 Å². The van der Waals surface area contributed by atoms with Crippen LogP contribution in [0.2, 0.25) is 5.02 Å². The maximum absolute atomic E-state index is 13.7.